The first-order chi connectivity index (χ1) is 24.9. The van der Waals surface area contributed by atoms with Gasteiger partial charge in [-0.05, 0) is 81.8 Å². The van der Waals surface area contributed by atoms with E-state index in [0.717, 1.165) is 5.56 Å². The van der Waals surface area contributed by atoms with Crippen LogP contribution in [0.25, 0.3) is 6.08 Å². The van der Waals surface area contributed by atoms with Crippen LogP contribution in [0.4, 0.5) is 4.79 Å². The number of esters is 2. The van der Waals surface area contributed by atoms with Crippen molar-refractivity contribution in [1.29, 1.82) is 5.26 Å². The summed E-state index contributed by atoms with van der Waals surface area (Å²) < 4.78 is 28.1. The van der Waals surface area contributed by atoms with Crippen molar-refractivity contribution < 1.29 is 42.9 Å². The molecule has 4 rings (SSSR count). The number of benzene rings is 3. The Labute approximate surface area is 304 Å². The summed E-state index contributed by atoms with van der Waals surface area (Å²) in [6, 6.07) is 21.8. The number of hydrogen-bond donors (Lipinski definition) is 1. The van der Waals surface area contributed by atoms with Gasteiger partial charge in [0, 0.05) is 43.1 Å². The summed E-state index contributed by atoms with van der Waals surface area (Å²) in [7, 11) is 0. The van der Waals surface area contributed by atoms with E-state index in [-0.39, 0.29) is 44.2 Å². The average Bonchev–Trinajstić information content (AvgIpc) is 3.12. The van der Waals surface area contributed by atoms with E-state index in [9.17, 15) is 24.4 Å². The van der Waals surface area contributed by atoms with Crippen LogP contribution in [-0.4, -0.2) is 72.9 Å². The van der Waals surface area contributed by atoms with Crippen molar-refractivity contribution in [3.05, 3.63) is 101 Å². The quantitative estimate of drug-likeness (QED) is 0.116. The normalized spacial score (nSPS) is 13.8. The molecule has 1 fully saturated rings. The van der Waals surface area contributed by atoms with E-state index in [2.05, 4.69) is 11.4 Å². The number of carbonyl (C=O) groups is 4. The first-order valence-corrected chi connectivity index (χ1v) is 17.2. The van der Waals surface area contributed by atoms with Crippen LogP contribution in [0.1, 0.15) is 74.0 Å². The van der Waals surface area contributed by atoms with Crippen molar-refractivity contribution >= 4 is 30.0 Å². The molecule has 1 unspecified atom stereocenters. The molecule has 274 valence electrons. The number of nitriles is 1. The number of amides is 2. The van der Waals surface area contributed by atoms with E-state index in [0.29, 0.717) is 48.4 Å². The number of ether oxygens (including phenoxy) is 5. The van der Waals surface area contributed by atoms with Crippen molar-refractivity contribution in [2.75, 3.05) is 26.3 Å². The standard InChI is InChI=1S/C40H45N3O9/c1-5-48-36(44)18-15-30-12-11-29(25-41)23-35(30)49-27-32(24-37(45)50-26-28-9-7-6-8-10-28)42-38(46)31-13-16-33(17-14-31)51-34-19-21-43(22-20-34)39(47)52-40(2,3)4/h6-18,23,32,34H,5,19-22,24,26-27H2,1-4H3,(H,42,46)/b18-15+. The van der Waals surface area contributed by atoms with Gasteiger partial charge in [-0.15, -0.1) is 0 Å². The second-order valence-electron chi connectivity index (χ2n) is 13.1. The molecule has 2 amide bonds. The van der Waals surface area contributed by atoms with E-state index in [1.165, 1.54) is 18.2 Å². The molecule has 1 atom stereocenters. The number of carbonyl (C=O) groups excluding carboxylic acids is 4. The maximum absolute atomic E-state index is 13.4. The highest BCUT2D eigenvalue weighted by Gasteiger charge is 2.28. The van der Waals surface area contributed by atoms with Crippen molar-refractivity contribution in [2.24, 2.45) is 0 Å². The topological polar surface area (TPSA) is 153 Å². The zero-order valence-electron chi connectivity index (χ0n) is 30.0. The van der Waals surface area contributed by atoms with Gasteiger partial charge in [0.25, 0.3) is 5.91 Å². The Morgan fingerprint density at radius 2 is 1.69 bits per heavy atom. The molecule has 0 aliphatic carbocycles. The maximum Gasteiger partial charge on any atom is 0.410 e. The highest BCUT2D eigenvalue weighted by Crippen LogP contribution is 2.24. The third-order valence-corrected chi connectivity index (χ3v) is 7.77. The van der Waals surface area contributed by atoms with Crippen LogP contribution >= 0.6 is 0 Å². The van der Waals surface area contributed by atoms with Gasteiger partial charge in [0.2, 0.25) is 0 Å². The molecule has 12 heteroatoms. The molecular weight excluding hydrogens is 666 g/mol. The van der Waals surface area contributed by atoms with Crippen LogP contribution in [0.2, 0.25) is 0 Å². The van der Waals surface area contributed by atoms with Gasteiger partial charge in [0.05, 0.1) is 30.7 Å². The second kappa shape index (κ2) is 19.0. The van der Waals surface area contributed by atoms with Crippen LogP contribution in [0, 0.1) is 11.3 Å². The van der Waals surface area contributed by atoms with Gasteiger partial charge >= 0.3 is 18.0 Å². The fourth-order valence-corrected chi connectivity index (χ4v) is 5.18. The molecule has 0 bridgehead atoms. The van der Waals surface area contributed by atoms with Gasteiger partial charge in [-0.1, -0.05) is 30.3 Å². The van der Waals surface area contributed by atoms with Crippen molar-refractivity contribution in [1.82, 2.24) is 10.2 Å². The Morgan fingerprint density at radius 3 is 2.35 bits per heavy atom. The third-order valence-electron chi connectivity index (χ3n) is 7.77. The Bertz CT molecular complexity index is 1740. The molecule has 3 aromatic rings. The molecule has 52 heavy (non-hydrogen) atoms. The average molecular weight is 712 g/mol. The minimum absolute atomic E-state index is 0.0652. The molecule has 1 aliphatic heterocycles. The van der Waals surface area contributed by atoms with Crippen LogP contribution in [0.3, 0.4) is 0 Å². The Morgan fingerprint density at radius 1 is 0.981 bits per heavy atom. The van der Waals surface area contributed by atoms with E-state index < -0.39 is 29.5 Å². The van der Waals surface area contributed by atoms with Gasteiger partial charge in [-0.2, -0.15) is 5.26 Å². The molecule has 1 heterocycles. The predicted octanol–water partition coefficient (Wildman–Crippen LogP) is 6.22. The number of piperidine rings is 1. The number of likely N-dealkylation sites (tertiary alicyclic amines) is 1. The minimum atomic E-state index is -0.825. The lowest BCUT2D eigenvalue weighted by Gasteiger charge is -2.33. The van der Waals surface area contributed by atoms with Crippen molar-refractivity contribution in [2.45, 2.75) is 71.3 Å². The molecule has 12 nitrogen and oxygen atoms in total. The van der Waals surface area contributed by atoms with Gasteiger partial charge in [0.15, 0.2) is 0 Å². The van der Waals surface area contributed by atoms with E-state index in [1.807, 2.05) is 51.1 Å². The predicted molar refractivity (Wildman–Crippen MR) is 192 cm³/mol. The van der Waals surface area contributed by atoms with Gasteiger partial charge in [-0.3, -0.25) is 9.59 Å². The number of hydrogen-bond acceptors (Lipinski definition) is 10. The van der Waals surface area contributed by atoms with Gasteiger partial charge in [-0.25, -0.2) is 9.59 Å². The fraction of sp³-hybridized carbons (Fsp3) is 0.375. The van der Waals surface area contributed by atoms with Crippen molar-refractivity contribution in [3.63, 3.8) is 0 Å². The lowest BCUT2D eigenvalue weighted by molar-refractivity contribution is -0.145. The molecular formula is C40H45N3O9. The summed E-state index contributed by atoms with van der Waals surface area (Å²) in [6.07, 6.45) is 3.40. The molecule has 0 saturated carbocycles. The molecule has 0 radical (unpaired) electrons. The van der Waals surface area contributed by atoms with Crippen LogP contribution in [0.15, 0.2) is 78.9 Å². The summed E-state index contributed by atoms with van der Waals surface area (Å²) in [4.78, 5) is 52.3. The van der Waals surface area contributed by atoms with Gasteiger partial charge in [0.1, 0.15) is 36.4 Å². The molecule has 1 saturated heterocycles. The third kappa shape index (κ3) is 12.8. The monoisotopic (exact) mass is 711 g/mol. The summed E-state index contributed by atoms with van der Waals surface area (Å²) >= 11 is 0. The number of nitrogens with zero attached hydrogens (tertiary/aromatic N) is 2. The largest absolute Gasteiger partial charge is 0.491 e. The summed E-state index contributed by atoms with van der Waals surface area (Å²) in [5, 5.41) is 12.3. The SMILES string of the molecule is CCOC(=O)/C=C/c1ccc(C#N)cc1OCC(CC(=O)OCc1ccccc1)NC(=O)c1ccc(OC2CCN(C(=O)OC(C)(C)C)CC2)cc1. The lowest BCUT2D eigenvalue weighted by Crippen LogP contribution is -2.44. The fourth-order valence-electron chi connectivity index (χ4n) is 5.18. The van der Waals surface area contributed by atoms with Crippen LogP contribution in [0.5, 0.6) is 11.5 Å². The maximum atomic E-state index is 13.4. The Balaban J connectivity index is 1.40. The molecule has 1 aliphatic rings. The zero-order valence-corrected chi connectivity index (χ0v) is 30.0. The van der Waals surface area contributed by atoms with E-state index in [1.54, 1.807) is 48.2 Å². The molecule has 3 aromatic carbocycles. The van der Waals surface area contributed by atoms with Crippen LogP contribution in [-0.2, 0) is 30.4 Å². The highest BCUT2D eigenvalue weighted by molar-refractivity contribution is 5.94. The Kier molecular flexibility index (Phi) is 14.2. The van der Waals surface area contributed by atoms with Crippen LogP contribution < -0.4 is 14.8 Å². The summed E-state index contributed by atoms with van der Waals surface area (Å²) in [5.74, 6) is -0.682. The van der Waals surface area contributed by atoms with Crippen molar-refractivity contribution in [3.8, 4) is 17.6 Å². The molecule has 0 aromatic heterocycles. The van der Waals surface area contributed by atoms with Gasteiger partial charge < -0.3 is 33.9 Å². The first-order valence-electron chi connectivity index (χ1n) is 17.2. The minimum Gasteiger partial charge on any atom is -0.491 e. The highest BCUT2D eigenvalue weighted by atomic mass is 16.6. The molecule has 1 N–H and O–H groups in total. The summed E-state index contributed by atoms with van der Waals surface area (Å²) in [6.45, 7) is 8.37. The summed E-state index contributed by atoms with van der Waals surface area (Å²) in [5.41, 5.74) is 1.40. The second-order valence-corrected chi connectivity index (χ2v) is 13.1. The first kappa shape index (κ1) is 39.0. The van der Waals surface area contributed by atoms with E-state index >= 15 is 0 Å². The molecule has 0 spiro atoms. The zero-order chi connectivity index (χ0) is 37.5. The smallest absolute Gasteiger partial charge is 0.410 e. The number of nitrogens with one attached hydrogen (secondary N) is 1. The van der Waals surface area contributed by atoms with E-state index in [4.69, 9.17) is 23.7 Å². The lowest BCUT2D eigenvalue weighted by atomic mass is 10.1. The Hall–Kier alpha value is -5.83. The number of rotatable bonds is 14.